The van der Waals surface area contributed by atoms with Crippen LogP contribution in [0, 0.1) is 17.4 Å². The van der Waals surface area contributed by atoms with Gasteiger partial charge >= 0.3 is 5.97 Å². The Balaban J connectivity index is -0.000000163. The highest BCUT2D eigenvalue weighted by Crippen LogP contribution is 2.16. The van der Waals surface area contributed by atoms with E-state index in [1.54, 1.807) is 0 Å². The molecule has 0 aliphatic carbocycles. The Morgan fingerprint density at radius 3 is 1.62 bits per heavy atom. The van der Waals surface area contributed by atoms with Crippen LogP contribution < -0.4 is 0 Å². The van der Waals surface area contributed by atoms with Crippen molar-refractivity contribution in [2.24, 2.45) is 0 Å². The van der Waals surface area contributed by atoms with Crippen LogP contribution in [0.5, 0.6) is 0 Å². The summed E-state index contributed by atoms with van der Waals surface area (Å²) < 4.78 is 1.42. The van der Waals surface area contributed by atoms with E-state index in [9.17, 15) is 4.79 Å². The van der Waals surface area contributed by atoms with Crippen LogP contribution in [0.4, 0.5) is 0 Å². The molecule has 0 atom stereocenters. The van der Waals surface area contributed by atoms with Crippen LogP contribution in [-0.2, 0) is 12.8 Å². The summed E-state index contributed by atoms with van der Waals surface area (Å²) in [6.07, 6.45) is 1.91. The molecule has 0 heterocycles. The van der Waals surface area contributed by atoms with Gasteiger partial charge in [-0.1, -0.05) is 80.0 Å². The van der Waals surface area contributed by atoms with Gasteiger partial charge in [-0.05, 0) is 71.5 Å². The summed E-state index contributed by atoms with van der Waals surface area (Å²) in [7, 11) is 0. The fourth-order valence-corrected chi connectivity index (χ4v) is 3.05. The number of carboxylic acid groups (broad SMARTS) is 1. The van der Waals surface area contributed by atoms with E-state index in [1.807, 2.05) is 32.0 Å². The molecule has 0 aliphatic rings. The first kappa shape index (κ1) is 32.3. The maximum Gasteiger partial charge on any atom is 0.336 e. The highest BCUT2D eigenvalue weighted by atomic mass is 127. The summed E-state index contributed by atoms with van der Waals surface area (Å²) >= 11 is 2.40. The van der Waals surface area contributed by atoms with Crippen molar-refractivity contribution in [2.75, 3.05) is 0 Å². The lowest BCUT2D eigenvalue weighted by molar-refractivity contribution is 0.0695. The van der Waals surface area contributed by atoms with E-state index < -0.39 is 5.97 Å². The van der Waals surface area contributed by atoms with E-state index in [1.165, 1.54) is 14.7 Å². The molecule has 0 aromatic heterocycles. The summed E-state index contributed by atoms with van der Waals surface area (Å²) in [6.45, 7) is 8.13. The third kappa shape index (κ3) is 8.84. The van der Waals surface area contributed by atoms with E-state index in [2.05, 4.69) is 54.6 Å². The molecule has 26 heavy (non-hydrogen) atoms. The standard InChI is InChI=1S/C10H12O2.C9H11I.4CH4/c1-3-8-6-4-5-7(2)9(8)10(11)12;1-3-8-6-4-5-7(2)9(8)10;;;;/h4-6H,3H2,1-2H3,(H,11,12);4-6H,3H2,1-2H3;4*1H4. The second kappa shape index (κ2) is 15.9. The molecular formula is C23H39IO2. The molecule has 2 aromatic carbocycles. The van der Waals surface area contributed by atoms with Gasteiger partial charge in [-0.3, -0.25) is 0 Å². The Morgan fingerprint density at radius 1 is 0.846 bits per heavy atom. The second-order valence-electron chi connectivity index (χ2n) is 5.17. The minimum atomic E-state index is -0.829. The van der Waals surface area contributed by atoms with Crippen molar-refractivity contribution in [1.82, 2.24) is 0 Å². The molecule has 0 saturated heterocycles. The average Bonchev–Trinajstić information content (AvgIpc) is 2.50. The zero-order valence-corrected chi connectivity index (χ0v) is 15.8. The first-order valence-electron chi connectivity index (χ1n) is 7.48. The molecule has 0 bridgehead atoms. The quantitative estimate of drug-likeness (QED) is 0.458. The van der Waals surface area contributed by atoms with Crippen LogP contribution in [-0.4, -0.2) is 11.1 Å². The molecule has 0 unspecified atom stereocenters. The minimum absolute atomic E-state index is 0. The minimum Gasteiger partial charge on any atom is -0.478 e. The SMILES string of the molecule is C.C.C.C.CCc1cccc(C)c1C(=O)O.CCc1cccc(C)c1I. The lowest BCUT2D eigenvalue weighted by atomic mass is 10.0. The summed E-state index contributed by atoms with van der Waals surface area (Å²) in [5.41, 5.74) is 5.05. The molecule has 0 amide bonds. The van der Waals surface area contributed by atoms with Gasteiger partial charge in [0.05, 0.1) is 5.56 Å². The molecule has 0 saturated carbocycles. The van der Waals surface area contributed by atoms with Gasteiger partial charge in [0, 0.05) is 3.57 Å². The highest BCUT2D eigenvalue weighted by Gasteiger charge is 2.10. The normalized spacial score (nSPS) is 8.35. The molecule has 0 fully saturated rings. The van der Waals surface area contributed by atoms with Crippen LogP contribution >= 0.6 is 22.6 Å². The molecule has 0 spiro atoms. The lowest BCUT2D eigenvalue weighted by Gasteiger charge is -2.05. The largest absolute Gasteiger partial charge is 0.478 e. The molecule has 3 heteroatoms. The predicted octanol–water partition coefficient (Wildman–Crippen LogP) is 7.96. The fourth-order valence-electron chi connectivity index (χ4n) is 2.31. The van der Waals surface area contributed by atoms with Crippen LogP contribution in [0.25, 0.3) is 0 Å². The zero-order chi connectivity index (χ0) is 16.7. The second-order valence-corrected chi connectivity index (χ2v) is 6.25. The zero-order valence-electron chi connectivity index (χ0n) is 13.6. The van der Waals surface area contributed by atoms with Gasteiger partial charge in [0.25, 0.3) is 0 Å². The number of hydrogen-bond donors (Lipinski definition) is 1. The third-order valence-electron chi connectivity index (χ3n) is 3.61. The van der Waals surface area contributed by atoms with Crippen molar-refractivity contribution in [2.45, 2.75) is 70.2 Å². The maximum absolute atomic E-state index is 10.8. The van der Waals surface area contributed by atoms with Gasteiger partial charge < -0.3 is 5.11 Å². The topological polar surface area (TPSA) is 37.3 Å². The molecule has 2 nitrogen and oxygen atoms in total. The Bertz CT molecular complexity index is 649. The molecule has 0 aliphatic heterocycles. The van der Waals surface area contributed by atoms with Crippen LogP contribution in [0.2, 0.25) is 0 Å². The van der Waals surface area contributed by atoms with Gasteiger partial charge in [-0.2, -0.15) is 0 Å². The van der Waals surface area contributed by atoms with E-state index in [4.69, 9.17) is 5.11 Å². The number of rotatable bonds is 3. The fraction of sp³-hybridized carbons (Fsp3) is 0.435. The Hall–Kier alpha value is -1.36. The molecule has 2 aromatic rings. The van der Waals surface area contributed by atoms with Crippen molar-refractivity contribution in [3.63, 3.8) is 0 Å². The van der Waals surface area contributed by atoms with Gasteiger partial charge in [0.1, 0.15) is 0 Å². The number of aryl methyl sites for hydroxylation is 4. The van der Waals surface area contributed by atoms with Crippen molar-refractivity contribution in [3.8, 4) is 0 Å². The van der Waals surface area contributed by atoms with Gasteiger partial charge in [-0.15, -0.1) is 0 Å². The number of halogens is 1. The van der Waals surface area contributed by atoms with Gasteiger partial charge in [0.2, 0.25) is 0 Å². The number of benzene rings is 2. The summed E-state index contributed by atoms with van der Waals surface area (Å²) in [5.74, 6) is -0.829. The molecule has 150 valence electrons. The van der Waals surface area contributed by atoms with Gasteiger partial charge in [0.15, 0.2) is 0 Å². The highest BCUT2D eigenvalue weighted by molar-refractivity contribution is 14.1. The Morgan fingerprint density at radius 2 is 1.27 bits per heavy atom. The predicted molar refractivity (Wildman–Crippen MR) is 128 cm³/mol. The number of carbonyl (C=O) groups is 1. The number of hydrogen-bond acceptors (Lipinski definition) is 1. The van der Waals surface area contributed by atoms with Crippen molar-refractivity contribution in [1.29, 1.82) is 0 Å². The van der Waals surface area contributed by atoms with Crippen molar-refractivity contribution < 1.29 is 9.90 Å². The molecule has 0 radical (unpaired) electrons. The molecule has 2 rings (SSSR count). The Kier molecular flexibility index (Phi) is 19.7. The summed E-state index contributed by atoms with van der Waals surface area (Å²) in [6, 6.07) is 12.0. The summed E-state index contributed by atoms with van der Waals surface area (Å²) in [4.78, 5) is 10.8. The van der Waals surface area contributed by atoms with Gasteiger partial charge in [-0.25, -0.2) is 4.79 Å². The van der Waals surface area contributed by atoms with E-state index in [0.29, 0.717) is 5.56 Å². The van der Waals surface area contributed by atoms with Crippen molar-refractivity contribution in [3.05, 3.63) is 67.8 Å². The Labute approximate surface area is 176 Å². The van der Waals surface area contributed by atoms with E-state index >= 15 is 0 Å². The first-order valence-corrected chi connectivity index (χ1v) is 8.55. The number of aromatic carboxylic acids is 1. The van der Waals surface area contributed by atoms with E-state index in [-0.39, 0.29) is 29.7 Å². The van der Waals surface area contributed by atoms with Crippen molar-refractivity contribution >= 4 is 28.6 Å². The van der Waals surface area contributed by atoms with Crippen LogP contribution in [0.15, 0.2) is 36.4 Å². The third-order valence-corrected chi connectivity index (χ3v) is 5.15. The average molecular weight is 474 g/mol. The molecule has 1 N–H and O–H groups in total. The maximum atomic E-state index is 10.8. The molecular weight excluding hydrogens is 435 g/mol. The van der Waals surface area contributed by atoms with Crippen LogP contribution in [0.3, 0.4) is 0 Å². The smallest absolute Gasteiger partial charge is 0.336 e. The van der Waals surface area contributed by atoms with E-state index in [0.717, 1.165) is 24.0 Å². The first-order chi connectivity index (χ1) is 10.4. The number of carboxylic acids is 1. The summed E-state index contributed by atoms with van der Waals surface area (Å²) in [5, 5.41) is 8.88. The lowest BCUT2D eigenvalue weighted by Crippen LogP contribution is -2.04. The van der Waals surface area contributed by atoms with Crippen LogP contribution in [0.1, 0.15) is 76.2 Å². The monoisotopic (exact) mass is 474 g/mol.